The number of methoxy groups -OCH3 is 4. The second-order valence-electron chi connectivity index (χ2n) is 9.30. The summed E-state index contributed by atoms with van der Waals surface area (Å²) < 4.78 is 30.3. The van der Waals surface area contributed by atoms with Gasteiger partial charge >= 0.3 is 5.97 Å². The molecule has 1 aliphatic rings. The van der Waals surface area contributed by atoms with E-state index in [1.807, 2.05) is 30.3 Å². The number of carbonyl (C=O) groups is 1. The summed E-state index contributed by atoms with van der Waals surface area (Å²) in [5, 5.41) is 1.82. The molecule has 3 aromatic carbocycles. The molecule has 0 N–H and O–H groups in total. The molecule has 0 amide bonds. The Balaban J connectivity index is 1.83. The fourth-order valence-corrected chi connectivity index (χ4v) is 6.62. The van der Waals surface area contributed by atoms with Crippen LogP contribution in [0.5, 0.6) is 23.0 Å². The third-order valence-electron chi connectivity index (χ3n) is 7.04. The van der Waals surface area contributed by atoms with Crippen molar-refractivity contribution in [2.75, 3.05) is 35.0 Å². The van der Waals surface area contributed by atoms with E-state index in [0.29, 0.717) is 48.1 Å². The van der Waals surface area contributed by atoms with Crippen molar-refractivity contribution < 1.29 is 28.5 Å². The molecule has 4 aromatic rings. The number of halogens is 1. The van der Waals surface area contributed by atoms with Gasteiger partial charge in [-0.3, -0.25) is 9.36 Å². The van der Waals surface area contributed by atoms with Crippen molar-refractivity contribution >= 4 is 50.1 Å². The molecule has 1 aromatic heterocycles. The lowest BCUT2D eigenvalue weighted by Crippen LogP contribution is -2.40. The first-order valence-corrected chi connectivity index (χ1v) is 14.6. The van der Waals surface area contributed by atoms with E-state index in [4.69, 9.17) is 23.7 Å². The molecule has 1 atom stereocenters. The molecule has 0 spiro atoms. The van der Waals surface area contributed by atoms with Crippen LogP contribution in [0.4, 0.5) is 0 Å². The smallest absolute Gasteiger partial charge is 0.338 e. The number of allylic oxidation sites excluding steroid dienone is 1. The molecular formula is C31H29BrN2O7S. The Kier molecular flexibility index (Phi) is 8.42. The first-order valence-electron chi connectivity index (χ1n) is 13.0. The fraction of sp³-hybridized carbons (Fsp3) is 0.258. The predicted molar refractivity (Wildman–Crippen MR) is 165 cm³/mol. The Morgan fingerprint density at radius 3 is 2.38 bits per heavy atom. The maximum absolute atomic E-state index is 14.3. The summed E-state index contributed by atoms with van der Waals surface area (Å²) in [4.78, 5) is 32.7. The van der Waals surface area contributed by atoms with Gasteiger partial charge in [0.05, 0.1) is 55.3 Å². The zero-order valence-corrected chi connectivity index (χ0v) is 26.3. The normalized spacial score (nSPS) is 14.8. The van der Waals surface area contributed by atoms with Crippen molar-refractivity contribution in [3.8, 4) is 23.0 Å². The molecule has 5 rings (SSSR count). The van der Waals surface area contributed by atoms with Crippen molar-refractivity contribution in [1.82, 2.24) is 4.57 Å². The monoisotopic (exact) mass is 652 g/mol. The quantitative estimate of drug-likeness (QED) is 0.254. The number of nitrogens with zero attached hydrogens (tertiary/aromatic N) is 2. The zero-order valence-electron chi connectivity index (χ0n) is 23.9. The lowest BCUT2D eigenvalue weighted by atomic mass is 9.95. The highest BCUT2D eigenvalue weighted by atomic mass is 79.9. The third-order valence-corrected chi connectivity index (χ3v) is 8.64. The number of ether oxygens (including phenoxy) is 5. The van der Waals surface area contributed by atoms with E-state index in [9.17, 15) is 9.59 Å². The lowest BCUT2D eigenvalue weighted by molar-refractivity contribution is -0.139. The Hall–Kier alpha value is -4.09. The summed E-state index contributed by atoms with van der Waals surface area (Å²) in [7, 11) is 6.27. The van der Waals surface area contributed by atoms with Gasteiger partial charge in [0.2, 0.25) is 0 Å². The number of aromatic nitrogens is 1. The Labute approximate surface area is 254 Å². The van der Waals surface area contributed by atoms with Crippen LogP contribution < -0.4 is 33.8 Å². The number of hydrogen-bond acceptors (Lipinski definition) is 9. The summed E-state index contributed by atoms with van der Waals surface area (Å²) in [6.07, 6.45) is 1.80. The van der Waals surface area contributed by atoms with E-state index < -0.39 is 12.0 Å². The summed E-state index contributed by atoms with van der Waals surface area (Å²) in [5.41, 5.74) is 1.67. The minimum absolute atomic E-state index is 0.167. The molecule has 42 heavy (non-hydrogen) atoms. The number of carbonyl (C=O) groups excluding carboxylic acids is 1. The van der Waals surface area contributed by atoms with Gasteiger partial charge in [-0.25, -0.2) is 9.79 Å². The second kappa shape index (κ2) is 12.0. The van der Waals surface area contributed by atoms with Gasteiger partial charge < -0.3 is 23.7 Å². The molecule has 0 fully saturated rings. The van der Waals surface area contributed by atoms with E-state index >= 15 is 0 Å². The van der Waals surface area contributed by atoms with Crippen LogP contribution in [0.25, 0.3) is 16.8 Å². The molecule has 0 saturated carbocycles. The maximum Gasteiger partial charge on any atom is 0.338 e. The first kappa shape index (κ1) is 29.4. The van der Waals surface area contributed by atoms with E-state index in [2.05, 4.69) is 20.9 Å². The molecule has 11 heteroatoms. The molecule has 9 nitrogen and oxygen atoms in total. The highest BCUT2D eigenvalue weighted by Gasteiger charge is 2.35. The maximum atomic E-state index is 14.3. The summed E-state index contributed by atoms with van der Waals surface area (Å²) >= 11 is 4.77. The topological polar surface area (TPSA) is 97.6 Å². The number of rotatable bonds is 8. The number of fused-ring (bicyclic) bond motifs is 2. The average molecular weight is 654 g/mol. The second-order valence-corrected chi connectivity index (χ2v) is 11.2. The first-order chi connectivity index (χ1) is 20.3. The molecular weight excluding hydrogens is 624 g/mol. The predicted octanol–water partition coefficient (Wildman–Crippen LogP) is 4.75. The Morgan fingerprint density at radius 2 is 1.71 bits per heavy atom. The van der Waals surface area contributed by atoms with Crippen LogP contribution in [0.15, 0.2) is 68.0 Å². The van der Waals surface area contributed by atoms with Crippen LogP contribution in [-0.4, -0.2) is 45.6 Å². The average Bonchev–Trinajstić information content (AvgIpc) is 3.30. The van der Waals surface area contributed by atoms with E-state index in [0.717, 1.165) is 16.3 Å². The molecule has 1 aliphatic heterocycles. The van der Waals surface area contributed by atoms with E-state index in [1.54, 1.807) is 53.4 Å². The van der Waals surface area contributed by atoms with Gasteiger partial charge in [-0.15, -0.1) is 0 Å². The highest BCUT2D eigenvalue weighted by molar-refractivity contribution is 9.10. The fourth-order valence-electron chi connectivity index (χ4n) is 5.07. The largest absolute Gasteiger partial charge is 0.497 e. The highest BCUT2D eigenvalue weighted by Crippen LogP contribution is 2.41. The molecule has 0 radical (unpaired) electrons. The minimum Gasteiger partial charge on any atom is -0.497 e. The van der Waals surface area contributed by atoms with Crippen LogP contribution in [0, 0.1) is 0 Å². The summed E-state index contributed by atoms with van der Waals surface area (Å²) in [5.74, 6) is 1.70. The molecule has 0 bridgehead atoms. The molecule has 2 heterocycles. The molecule has 218 valence electrons. The van der Waals surface area contributed by atoms with Crippen LogP contribution in [0.2, 0.25) is 0 Å². The summed E-state index contributed by atoms with van der Waals surface area (Å²) in [6, 6.07) is 12.2. The van der Waals surface area contributed by atoms with Crippen LogP contribution in [0.1, 0.15) is 31.0 Å². The van der Waals surface area contributed by atoms with Gasteiger partial charge in [-0.2, -0.15) is 0 Å². The van der Waals surface area contributed by atoms with Gasteiger partial charge in [0.25, 0.3) is 5.56 Å². The molecule has 0 saturated heterocycles. The van der Waals surface area contributed by atoms with E-state index in [-0.39, 0.29) is 17.7 Å². The number of hydrogen-bond donors (Lipinski definition) is 0. The van der Waals surface area contributed by atoms with Crippen molar-refractivity contribution in [3.05, 3.63) is 89.0 Å². The summed E-state index contributed by atoms with van der Waals surface area (Å²) in [6.45, 7) is 3.64. The van der Waals surface area contributed by atoms with Crippen molar-refractivity contribution in [2.24, 2.45) is 4.99 Å². The molecule has 1 unspecified atom stereocenters. The third kappa shape index (κ3) is 5.07. The van der Waals surface area contributed by atoms with Crippen molar-refractivity contribution in [1.29, 1.82) is 0 Å². The van der Waals surface area contributed by atoms with Crippen LogP contribution >= 0.6 is 27.3 Å². The standard InChI is InChI=1S/C31H29BrN2O7S/c1-7-41-30(36)27-16(2)33-31-34(28(27)21-13-22(32)25(40-6)15-24(21)39-5)29(35)26(42-31)14-20-19-12-18(37-3)10-8-17(19)9-11-23(20)38-4/h8-15,28H,7H2,1-6H3. The minimum atomic E-state index is -0.867. The SMILES string of the molecule is CCOC(=O)C1=C(C)N=c2sc(=Cc3c(OC)ccc4ccc(OC)cc34)c(=O)n2C1c1cc(Br)c(OC)cc1OC. The van der Waals surface area contributed by atoms with Gasteiger partial charge in [-0.05, 0) is 70.9 Å². The van der Waals surface area contributed by atoms with Crippen LogP contribution in [-0.2, 0) is 9.53 Å². The van der Waals surface area contributed by atoms with Crippen molar-refractivity contribution in [2.45, 2.75) is 19.9 Å². The number of thiazole rings is 1. The van der Waals surface area contributed by atoms with Gasteiger partial charge in [0.1, 0.15) is 29.0 Å². The van der Waals surface area contributed by atoms with E-state index in [1.165, 1.54) is 23.0 Å². The van der Waals surface area contributed by atoms with Crippen molar-refractivity contribution in [3.63, 3.8) is 0 Å². The molecule has 0 aliphatic carbocycles. The van der Waals surface area contributed by atoms with Gasteiger partial charge in [-0.1, -0.05) is 23.5 Å². The number of esters is 1. The lowest BCUT2D eigenvalue weighted by Gasteiger charge is -2.26. The Bertz CT molecular complexity index is 1920. The number of benzene rings is 3. The van der Waals surface area contributed by atoms with Gasteiger partial charge in [0.15, 0.2) is 4.80 Å². The Morgan fingerprint density at radius 1 is 1.00 bits per heavy atom. The van der Waals surface area contributed by atoms with Crippen LogP contribution in [0.3, 0.4) is 0 Å². The van der Waals surface area contributed by atoms with Gasteiger partial charge in [0, 0.05) is 17.2 Å². The zero-order chi connectivity index (χ0) is 30.1.